The largest absolute Gasteiger partial charge is 0.497 e. The number of anilines is 1. The van der Waals surface area contributed by atoms with E-state index in [9.17, 15) is 9.59 Å². The molecule has 35 heavy (non-hydrogen) atoms. The maximum atomic E-state index is 12.4. The molecule has 0 atom stereocenters. The summed E-state index contributed by atoms with van der Waals surface area (Å²) in [6, 6.07) is 28.9. The highest BCUT2D eigenvalue weighted by Crippen LogP contribution is 2.30. The molecule has 6 nitrogen and oxygen atoms in total. The fraction of sp³-hybridized carbons (Fsp3) is 0.0714. The number of amides is 1. The van der Waals surface area contributed by atoms with Crippen LogP contribution in [0.25, 0.3) is 11.1 Å². The van der Waals surface area contributed by atoms with Crippen molar-refractivity contribution in [3.8, 4) is 28.4 Å². The number of esters is 1. The van der Waals surface area contributed by atoms with E-state index >= 15 is 0 Å². The molecule has 0 spiro atoms. The van der Waals surface area contributed by atoms with Gasteiger partial charge in [0.1, 0.15) is 17.2 Å². The molecule has 176 valence electrons. The van der Waals surface area contributed by atoms with Gasteiger partial charge in [0, 0.05) is 11.3 Å². The average Bonchev–Trinajstić information content (AvgIpc) is 2.89. The third kappa shape index (κ3) is 6.49. The van der Waals surface area contributed by atoms with Gasteiger partial charge in [0.15, 0.2) is 6.61 Å². The average molecular weight is 532 g/mol. The first-order chi connectivity index (χ1) is 17.0. The number of carbonyl (C=O) groups is 2. The van der Waals surface area contributed by atoms with E-state index in [1.165, 1.54) is 0 Å². The minimum atomic E-state index is -0.556. The first-order valence-corrected chi connectivity index (χ1v) is 11.5. The number of hydrogen-bond acceptors (Lipinski definition) is 5. The van der Waals surface area contributed by atoms with Crippen LogP contribution in [0.1, 0.15) is 10.4 Å². The molecule has 0 saturated carbocycles. The lowest BCUT2D eigenvalue weighted by Crippen LogP contribution is -2.18. The van der Waals surface area contributed by atoms with Gasteiger partial charge in [-0.15, -0.1) is 0 Å². The summed E-state index contributed by atoms with van der Waals surface area (Å²) in [5.41, 5.74) is 3.19. The van der Waals surface area contributed by atoms with E-state index in [0.717, 1.165) is 15.6 Å². The number of benzene rings is 4. The first-order valence-electron chi connectivity index (χ1n) is 10.8. The zero-order valence-corrected chi connectivity index (χ0v) is 20.4. The van der Waals surface area contributed by atoms with Crippen molar-refractivity contribution in [2.45, 2.75) is 0 Å². The Morgan fingerprint density at radius 2 is 1.49 bits per heavy atom. The zero-order valence-electron chi connectivity index (χ0n) is 18.9. The highest BCUT2D eigenvalue weighted by atomic mass is 79.9. The molecule has 7 heteroatoms. The van der Waals surface area contributed by atoms with E-state index in [1.54, 1.807) is 61.7 Å². The molecular weight excluding hydrogens is 510 g/mol. The number of nitrogens with one attached hydrogen (secondary N) is 1. The predicted molar refractivity (Wildman–Crippen MR) is 138 cm³/mol. The first kappa shape index (κ1) is 24.0. The lowest BCUT2D eigenvalue weighted by Gasteiger charge is -2.10. The normalized spacial score (nSPS) is 10.3. The molecule has 0 unspecified atom stereocenters. The van der Waals surface area contributed by atoms with Gasteiger partial charge in [-0.2, -0.15) is 0 Å². The predicted octanol–water partition coefficient (Wildman–Crippen LogP) is 6.36. The number of methoxy groups -OCH3 is 1. The van der Waals surface area contributed by atoms with Crippen molar-refractivity contribution in [2.75, 3.05) is 19.0 Å². The third-order valence-electron chi connectivity index (χ3n) is 5.08. The van der Waals surface area contributed by atoms with Crippen LogP contribution in [0.4, 0.5) is 5.69 Å². The molecule has 4 rings (SSSR count). The summed E-state index contributed by atoms with van der Waals surface area (Å²) >= 11 is 3.49. The van der Waals surface area contributed by atoms with Gasteiger partial charge < -0.3 is 19.5 Å². The maximum Gasteiger partial charge on any atom is 0.349 e. The van der Waals surface area contributed by atoms with Crippen molar-refractivity contribution in [1.82, 2.24) is 0 Å². The van der Waals surface area contributed by atoms with Crippen molar-refractivity contribution in [3.05, 3.63) is 107 Å². The van der Waals surface area contributed by atoms with Crippen molar-refractivity contribution < 1.29 is 23.8 Å². The quantitative estimate of drug-likeness (QED) is 0.211. The molecule has 0 bridgehead atoms. The van der Waals surface area contributed by atoms with E-state index in [2.05, 4.69) is 21.2 Å². The van der Waals surface area contributed by atoms with Gasteiger partial charge in [-0.05, 0) is 87.7 Å². The van der Waals surface area contributed by atoms with Crippen molar-refractivity contribution >= 4 is 33.5 Å². The molecule has 0 aliphatic carbocycles. The lowest BCUT2D eigenvalue weighted by molar-refractivity contribution is -0.136. The van der Waals surface area contributed by atoms with Crippen LogP contribution in [0.3, 0.4) is 0 Å². The van der Waals surface area contributed by atoms with Crippen LogP contribution < -0.4 is 19.5 Å². The number of halogens is 1. The summed E-state index contributed by atoms with van der Waals surface area (Å²) in [7, 11) is 1.58. The van der Waals surface area contributed by atoms with Crippen LogP contribution >= 0.6 is 15.9 Å². The van der Waals surface area contributed by atoms with E-state index in [0.29, 0.717) is 28.5 Å². The third-order valence-corrected chi connectivity index (χ3v) is 5.70. The summed E-state index contributed by atoms with van der Waals surface area (Å²) in [6.07, 6.45) is 0. The maximum absolute atomic E-state index is 12.4. The van der Waals surface area contributed by atoms with Crippen LogP contribution in [-0.4, -0.2) is 25.6 Å². The molecule has 4 aromatic carbocycles. The van der Waals surface area contributed by atoms with Crippen LogP contribution in [0, 0.1) is 0 Å². The number of carbonyl (C=O) groups excluding carboxylic acids is 2. The number of ether oxygens (including phenoxy) is 3. The lowest BCUT2D eigenvalue weighted by atomic mass is 10.1. The van der Waals surface area contributed by atoms with E-state index in [4.69, 9.17) is 14.2 Å². The molecule has 0 aliphatic rings. The van der Waals surface area contributed by atoms with Gasteiger partial charge in [-0.1, -0.05) is 36.4 Å². The van der Waals surface area contributed by atoms with Gasteiger partial charge in [0.05, 0.1) is 11.6 Å². The smallest absolute Gasteiger partial charge is 0.349 e. The molecule has 0 fully saturated rings. The zero-order chi connectivity index (χ0) is 24.6. The fourth-order valence-corrected chi connectivity index (χ4v) is 3.77. The van der Waals surface area contributed by atoms with E-state index in [-0.39, 0.29) is 12.5 Å². The molecule has 1 N–H and O–H groups in total. The minimum absolute atomic E-state index is 0.261. The molecule has 0 heterocycles. The monoisotopic (exact) mass is 531 g/mol. The van der Waals surface area contributed by atoms with Crippen LogP contribution in [0.2, 0.25) is 0 Å². The molecule has 0 radical (unpaired) electrons. The van der Waals surface area contributed by atoms with Gasteiger partial charge >= 0.3 is 5.97 Å². The minimum Gasteiger partial charge on any atom is -0.497 e. The van der Waals surface area contributed by atoms with Gasteiger partial charge in [-0.25, -0.2) is 4.79 Å². The molecule has 1 amide bonds. The topological polar surface area (TPSA) is 73.9 Å². The Morgan fingerprint density at radius 1 is 0.800 bits per heavy atom. The Kier molecular flexibility index (Phi) is 7.80. The van der Waals surface area contributed by atoms with Crippen molar-refractivity contribution in [3.63, 3.8) is 0 Å². The molecule has 4 aromatic rings. The molecule has 0 aromatic heterocycles. The number of rotatable bonds is 8. The summed E-state index contributed by atoms with van der Waals surface area (Å²) in [4.78, 5) is 24.7. The van der Waals surface area contributed by atoms with Crippen LogP contribution in [0.5, 0.6) is 17.2 Å². The van der Waals surface area contributed by atoms with Gasteiger partial charge in [0.2, 0.25) is 0 Å². The highest BCUT2D eigenvalue weighted by molar-refractivity contribution is 9.10. The summed E-state index contributed by atoms with van der Waals surface area (Å²) in [6.45, 7) is -0.261. The fourth-order valence-electron chi connectivity index (χ4n) is 3.28. The molecular formula is C28H22BrNO5. The summed E-state index contributed by atoms with van der Waals surface area (Å²) < 4.78 is 16.8. The second-order valence-corrected chi connectivity index (χ2v) is 8.34. The SMILES string of the molecule is COc1ccc(NC(=O)c2ccc(OC(=O)COc3ccc(-c4ccccc4)cc3Br)cc2)cc1. The standard InChI is InChI=1S/C28H22BrNO5/c1-33-23-14-10-22(11-15-23)30-28(32)20-7-12-24(13-8-20)35-27(31)18-34-26-16-9-21(17-25(26)29)19-5-3-2-4-6-19/h2-17H,18H2,1H3,(H,30,32). The van der Waals surface area contributed by atoms with Gasteiger partial charge in [-0.3, -0.25) is 4.79 Å². The Balaban J connectivity index is 1.29. The second kappa shape index (κ2) is 11.4. The van der Waals surface area contributed by atoms with Crippen molar-refractivity contribution in [2.24, 2.45) is 0 Å². The van der Waals surface area contributed by atoms with E-state index < -0.39 is 5.97 Å². The Hall–Kier alpha value is -4.10. The Labute approximate surface area is 211 Å². The van der Waals surface area contributed by atoms with E-state index in [1.807, 2.05) is 42.5 Å². The van der Waals surface area contributed by atoms with Crippen molar-refractivity contribution in [1.29, 1.82) is 0 Å². The van der Waals surface area contributed by atoms with Gasteiger partial charge in [0.25, 0.3) is 5.91 Å². The molecule has 0 aliphatic heterocycles. The number of hydrogen-bond donors (Lipinski definition) is 1. The van der Waals surface area contributed by atoms with Crippen LogP contribution in [-0.2, 0) is 4.79 Å². The molecule has 0 saturated heterocycles. The second-order valence-electron chi connectivity index (χ2n) is 7.48. The van der Waals surface area contributed by atoms with Crippen LogP contribution in [0.15, 0.2) is 102 Å². The summed E-state index contributed by atoms with van der Waals surface area (Å²) in [5, 5.41) is 2.80. The highest BCUT2D eigenvalue weighted by Gasteiger charge is 2.11. The summed E-state index contributed by atoms with van der Waals surface area (Å²) in [5.74, 6) is 0.722. The Bertz CT molecular complexity index is 1310. The Morgan fingerprint density at radius 3 is 2.14 bits per heavy atom.